The topological polar surface area (TPSA) is 61.3 Å². The van der Waals surface area contributed by atoms with Gasteiger partial charge in [0.15, 0.2) is 12.0 Å². The smallest absolute Gasteiger partial charge is 0.348 e. The van der Waals surface area contributed by atoms with Gasteiger partial charge in [-0.25, -0.2) is 27.9 Å². The first-order valence-electron chi connectivity index (χ1n) is 14.0. The maximum atomic E-state index is 14.7. The van der Waals surface area contributed by atoms with E-state index in [9.17, 15) is 18.0 Å². The van der Waals surface area contributed by atoms with Gasteiger partial charge in [-0.3, -0.25) is 0 Å². The fraction of sp³-hybridized carbons (Fsp3) is 0.469. The fourth-order valence-electron chi connectivity index (χ4n) is 4.26. The number of carbonyl (C=O) groups excluding carboxylic acids is 1. The highest BCUT2D eigenvalue weighted by atomic mass is 19.2. The minimum Gasteiger partial charge on any atom is -0.487 e. The Labute approximate surface area is 235 Å². The Hall–Kier alpha value is -3.42. The van der Waals surface area contributed by atoms with E-state index in [1.165, 1.54) is 13.8 Å². The number of rotatable bonds is 15. The van der Waals surface area contributed by atoms with Gasteiger partial charge in [-0.15, -0.1) is 0 Å². The minimum absolute atomic E-state index is 0.123. The summed E-state index contributed by atoms with van der Waals surface area (Å²) in [6.45, 7) is 6.46. The van der Waals surface area contributed by atoms with Gasteiger partial charge in [0, 0.05) is 18.0 Å². The Balaban J connectivity index is 1.72. The van der Waals surface area contributed by atoms with Gasteiger partial charge < -0.3 is 9.47 Å². The molecule has 0 saturated heterocycles. The summed E-state index contributed by atoms with van der Waals surface area (Å²) in [7, 11) is 0. The molecule has 8 heteroatoms. The molecule has 4 atom stereocenters. The van der Waals surface area contributed by atoms with Crippen molar-refractivity contribution in [3.05, 3.63) is 60.9 Å². The molecule has 0 aliphatic heterocycles. The van der Waals surface area contributed by atoms with Crippen LogP contribution >= 0.6 is 0 Å². The third-order valence-corrected chi connectivity index (χ3v) is 6.77. The zero-order valence-corrected chi connectivity index (χ0v) is 23.7. The first-order chi connectivity index (χ1) is 19.2. The normalized spacial score (nSPS) is 15.1. The molecule has 2 aromatic carbocycles. The second-order valence-electron chi connectivity index (χ2n) is 10.3. The number of hydrogen-bond acceptors (Lipinski definition) is 5. The van der Waals surface area contributed by atoms with E-state index in [-0.39, 0.29) is 12.2 Å². The number of benzene rings is 2. The van der Waals surface area contributed by atoms with Crippen LogP contribution < -0.4 is 9.47 Å². The Bertz CT molecular complexity index is 1200. The highest BCUT2D eigenvalue weighted by Gasteiger charge is 2.34. The van der Waals surface area contributed by atoms with Crippen molar-refractivity contribution in [3.8, 4) is 34.0 Å². The zero-order chi connectivity index (χ0) is 29.1. The van der Waals surface area contributed by atoms with Crippen molar-refractivity contribution in [2.75, 3.05) is 0 Å². The van der Waals surface area contributed by atoms with Crippen LogP contribution in [-0.2, 0) is 4.79 Å². The number of para-hydroxylation sites is 1. The average molecular weight is 557 g/mol. The van der Waals surface area contributed by atoms with E-state index in [4.69, 9.17) is 9.47 Å². The molecular weight excluding hydrogens is 517 g/mol. The van der Waals surface area contributed by atoms with E-state index in [1.807, 2.05) is 13.8 Å². The summed E-state index contributed by atoms with van der Waals surface area (Å²) >= 11 is 0. The second-order valence-corrected chi connectivity index (χ2v) is 10.3. The molecule has 4 unspecified atom stereocenters. The molecule has 0 amide bonds. The molecule has 0 bridgehead atoms. The van der Waals surface area contributed by atoms with Gasteiger partial charge in [-0.05, 0) is 69.4 Å². The molecule has 0 radical (unpaired) electrons. The third kappa shape index (κ3) is 8.54. The van der Waals surface area contributed by atoms with Crippen molar-refractivity contribution < 1.29 is 27.4 Å². The van der Waals surface area contributed by atoms with Crippen molar-refractivity contribution in [3.63, 3.8) is 0 Å². The Morgan fingerprint density at radius 3 is 2.20 bits per heavy atom. The monoisotopic (exact) mass is 556 g/mol. The van der Waals surface area contributed by atoms with Crippen molar-refractivity contribution in [1.29, 1.82) is 0 Å². The van der Waals surface area contributed by atoms with Gasteiger partial charge >= 0.3 is 5.97 Å². The van der Waals surface area contributed by atoms with E-state index >= 15 is 0 Å². The first kappa shape index (κ1) is 31.1. The lowest BCUT2D eigenvalue weighted by Gasteiger charge is -2.24. The number of halogens is 3. The standard InChI is InChI=1S/C32H39F3N2O3/c1-5-7-11-19-32(4,35)31(38)39-25-17-15-23(16-18-25)24-20-36-30(37-21-24)26-12-9-10-14-27(26)40-28(13-8-6-2)29(34)22(3)33/h9-10,12,14-18,20-22,28-29H,5-8,11,13,19H2,1-4H3. The quantitative estimate of drug-likeness (QED) is 0.106. The van der Waals surface area contributed by atoms with Crippen LogP contribution in [0.5, 0.6) is 11.5 Å². The van der Waals surface area contributed by atoms with E-state index in [2.05, 4.69) is 9.97 Å². The lowest BCUT2D eigenvalue weighted by atomic mass is 10.0. The number of unbranched alkanes of at least 4 members (excludes halogenated alkanes) is 3. The number of nitrogens with zero attached hydrogens (tertiary/aromatic N) is 2. The number of aromatic nitrogens is 2. The van der Waals surface area contributed by atoms with Gasteiger partial charge in [0.2, 0.25) is 5.67 Å². The SMILES string of the molecule is CCCCCC(C)(F)C(=O)Oc1ccc(-c2cnc(-c3ccccc3OC(CCCC)C(F)C(C)F)nc2)cc1. The minimum atomic E-state index is -2.04. The highest BCUT2D eigenvalue weighted by molar-refractivity contribution is 5.81. The number of hydrogen-bond donors (Lipinski definition) is 0. The largest absolute Gasteiger partial charge is 0.487 e. The van der Waals surface area contributed by atoms with Crippen LogP contribution in [0.2, 0.25) is 0 Å². The highest BCUT2D eigenvalue weighted by Crippen LogP contribution is 2.32. The van der Waals surface area contributed by atoms with Gasteiger partial charge in [-0.1, -0.05) is 57.4 Å². The maximum absolute atomic E-state index is 14.7. The predicted molar refractivity (Wildman–Crippen MR) is 152 cm³/mol. The van der Waals surface area contributed by atoms with Crippen LogP contribution in [0.3, 0.4) is 0 Å². The van der Waals surface area contributed by atoms with Crippen LogP contribution in [0.4, 0.5) is 13.2 Å². The second kappa shape index (κ2) is 14.8. The first-order valence-corrected chi connectivity index (χ1v) is 14.0. The molecule has 216 valence electrons. The van der Waals surface area contributed by atoms with Crippen LogP contribution in [-0.4, -0.2) is 40.1 Å². The lowest BCUT2D eigenvalue weighted by Crippen LogP contribution is -2.34. The molecule has 0 aliphatic carbocycles. The predicted octanol–water partition coefficient (Wildman–Crippen LogP) is 8.66. The van der Waals surface area contributed by atoms with Crippen molar-refractivity contribution in [2.24, 2.45) is 0 Å². The number of esters is 1. The van der Waals surface area contributed by atoms with Crippen LogP contribution in [0.25, 0.3) is 22.5 Å². The summed E-state index contributed by atoms with van der Waals surface area (Å²) in [6, 6.07) is 13.7. The van der Waals surface area contributed by atoms with Crippen LogP contribution in [0.1, 0.15) is 72.6 Å². The summed E-state index contributed by atoms with van der Waals surface area (Å²) in [5.74, 6) is 0.124. The number of ether oxygens (including phenoxy) is 2. The Morgan fingerprint density at radius 2 is 1.57 bits per heavy atom. The molecule has 1 aromatic heterocycles. The van der Waals surface area contributed by atoms with E-state index in [0.717, 1.165) is 31.2 Å². The third-order valence-electron chi connectivity index (χ3n) is 6.77. The molecule has 0 saturated carbocycles. The van der Waals surface area contributed by atoms with E-state index in [0.29, 0.717) is 35.5 Å². The summed E-state index contributed by atoms with van der Waals surface area (Å²) in [5, 5.41) is 0. The summed E-state index contributed by atoms with van der Waals surface area (Å²) < 4.78 is 54.3. The van der Waals surface area contributed by atoms with E-state index in [1.54, 1.807) is 60.9 Å². The molecule has 40 heavy (non-hydrogen) atoms. The molecule has 0 aliphatic rings. The van der Waals surface area contributed by atoms with E-state index < -0.39 is 30.1 Å². The molecule has 5 nitrogen and oxygen atoms in total. The Kier molecular flexibility index (Phi) is 11.5. The van der Waals surface area contributed by atoms with Crippen molar-refractivity contribution in [1.82, 2.24) is 9.97 Å². The molecule has 0 N–H and O–H groups in total. The van der Waals surface area contributed by atoms with Crippen molar-refractivity contribution >= 4 is 5.97 Å². The summed E-state index contributed by atoms with van der Waals surface area (Å²) in [6.07, 6.45) is 3.48. The average Bonchev–Trinajstić information content (AvgIpc) is 2.95. The van der Waals surface area contributed by atoms with Gasteiger partial charge in [0.25, 0.3) is 0 Å². The van der Waals surface area contributed by atoms with Crippen molar-refractivity contribution in [2.45, 2.75) is 96.8 Å². The Morgan fingerprint density at radius 1 is 0.925 bits per heavy atom. The van der Waals surface area contributed by atoms with Gasteiger partial charge in [-0.2, -0.15) is 0 Å². The molecule has 3 rings (SSSR count). The zero-order valence-electron chi connectivity index (χ0n) is 23.7. The lowest BCUT2D eigenvalue weighted by molar-refractivity contribution is -0.147. The van der Waals surface area contributed by atoms with Gasteiger partial charge in [0.05, 0.1) is 5.56 Å². The summed E-state index contributed by atoms with van der Waals surface area (Å²) in [5.41, 5.74) is 0.0252. The van der Waals surface area contributed by atoms with Crippen LogP contribution in [0, 0.1) is 0 Å². The number of carbonyl (C=O) groups is 1. The van der Waals surface area contributed by atoms with Crippen LogP contribution in [0.15, 0.2) is 60.9 Å². The molecule has 0 fully saturated rings. The molecule has 0 spiro atoms. The maximum Gasteiger partial charge on any atom is 0.348 e. The number of alkyl halides is 3. The van der Waals surface area contributed by atoms with Gasteiger partial charge in [0.1, 0.15) is 23.8 Å². The molecule has 3 aromatic rings. The molecule has 1 heterocycles. The molecular formula is C32H39F3N2O3. The fourth-order valence-corrected chi connectivity index (χ4v) is 4.26. The summed E-state index contributed by atoms with van der Waals surface area (Å²) in [4.78, 5) is 21.3.